The molecule has 0 heterocycles. The van der Waals surface area contributed by atoms with E-state index in [1.807, 2.05) is 6.92 Å². The SMILES string of the molecule is C=C1C[C@@]2(C)[C@@H](CC[C@]2(C)O)[C@@H]2CCC3=CC(=O)/C(=C\O)C[C@]3(C)[C@@H]12. The van der Waals surface area contributed by atoms with Crippen molar-refractivity contribution in [2.24, 2.45) is 28.6 Å². The lowest BCUT2D eigenvalue weighted by molar-refractivity contribution is -0.113. The Kier molecular flexibility index (Phi) is 3.48. The molecule has 25 heavy (non-hydrogen) atoms. The van der Waals surface area contributed by atoms with Crippen LogP contribution in [0.5, 0.6) is 0 Å². The fourth-order valence-corrected chi connectivity index (χ4v) is 6.97. The summed E-state index contributed by atoms with van der Waals surface area (Å²) in [5.74, 6) is 1.32. The van der Waals surface area contributed by atoms with Gasteiger partial charge < -0.3 is 10.2 Å². The molecule has 3 fully saturated rings. The molecule has 0 aromatic carbocycles. The minimum atomic E-state index is -0.624. The Balaban J connectivity index is 1.78. The Morgan fingerprint density at radius 3 is 2.64 bits per heavy atom. The zero-order chi connectivity index (χ0) is 18.2. The standard InChI is InChI=1S/C22H30O3/c1-13-10-21(3)17(7-8-22(21,4)25)16-6-5-15-9-18(24)14(12-23)11-20(15,2)19(13)16/h9,12,16-17,19,23,25H,1,5-8,10-11H2,2-4H3/b14-12-/t16-,17-,19-,20-,21-,22-/m0/s1. The van der Waals surface area contributed by atoms with Gasteiger partial charge in [0.1, 0.15) is 0 Å². The maximum atomic E-state index is 12.2. The van der Waals surface area contributed by atoms with Gasteiger partial charge in [0.25, 0.3) is 0 Å². The van der Waals surface area contributed by atoms with Gasteiger partial charge in [-0.1, -0.05) is 31.6 Å². The molecule has 0 aromatic rings. The molecule has 4 rings (SSSR count). The molecule has 136 valence electrons. The first-order chi connectivity index (χ1) is 11.6. The number of allylic oxidation sites excluding steroid dienone is 3. The predicted molar refractivity (Wildman–Crippen MR) is 98.0 cm³/mol. The summed E-state index contributed by atoms with van der Waals surface area (Å²) in [6.07, 6.45) is 8.21. The van der Waals surface area contributed by atoms with Gasteiger partial charge in [0.05, 0.1) is 11.9 Å². The number of ketones is 1. The van der Waals surface area contributed by atoms with Crippen molar-refractivity contribution in [3.8, 4) is 0 Å². The van der Waals surface area contributed by atoms with E-state index < -0.39 is 5.60 Å². The summed E-state index contributed by atoms with van der Waals surface area (Å²) < 4.78 is 0. The van der Waals surface area contributed by atoms with Gasteiger partial charge in [-0.05, 0) is 74.7 Å². The molecule has 3 saturated carbocycles. The molecule has 0 radical (unpaired) electrons. The van der Waals surface area contributed by atoms with Crippen LogP contribution < -0.4 is 0 Å². The van der Waals surface area contributed by atoms with Crippen LogP contribution in [0.4, 0.5) is 0 Å². The third-order valence-corrected chi connectivity index (χ3v) is 8.47. The smallest absolute Gasteiger partial charge is 0.184 e. The molecule has 0 bridgehead atoms. The highest BCUT2D eigenvalue weighted by molar-refractivity contribution is 6.05. The summed E-state index contributed by atoms with van der Waals surface area (Å²) in [5.41, 5.74) is 2.14. The van der Waals surface area contributed by atoms with Crippen LogP contribution in [-0.4, -0.2) is 21.6 Å². The highest BCUT2D eigenvalue weighted by Gasteiger charge is 2.63. The van der Waals surface area contributed by atoms with Gasteiger partial charge in [0, 0.05) is 11.0 Å². The van der Waals surface area contributed by atoms with Gasteiger partial charge in [-0.3, -0.25) is 4.79 Å². The average molecular weight is 342 g/mol. The van der Waals surface area contributed by atoms with E-state index in [9.17, 15) is 15.0 Å². The summed E-state index contributed by atoms with van der Waals surface area (Å²) in [5, 5.41) is 20.5. The normalized spacial score (nSPS) is 51.0. The van der Waals surface area contributed by atoms with E-state index in [4.69, 9.17) is 0 Å². The predicted octanol–water partition coefficient (Wildman–Crippen LogP) is 4.49. The molecule has 0 amide bonds. The number of rotatable bonds is 0. The van der Waals surface area contributed by atoms with Crippen LogP contribution in [-0.2, 0) is 4.79 Å². The summed E-state index contributed by atoms with van der Waals surface area (Å²) in [4.78, 5) is 12.2. The fourth-order valence-electron chi connectivity index (χ4n) is 6.97. The van der Waals surface area contributed by atoms with Crippen LogP contribution in [0, 0.1) is 28.6 Å². The van der Waals surface area contributed by atoms with Gasteiger partial charge in [-0.15, -0.1) is 0 Å². The lowest BCUT2D eigenvalue weighted by atomic mass is 9.45. The number of carbonyl (C=O) groups excluding carboxylic acids is 1. The first kappa shape index (κ1) is 17.1. The van der Waals surface area contributed by atoms with Crippen molar-refractivity contribution in [2.45, 2.75) is 64.9 Å². The van der Waals surface area contributed by atoms with Gasteiger partial charge in [-0.2, -0.15) is 0 Å². The molecule has 0 aliphatic heterocycles. The van der Waals surface area contributed by atoms with E-state index >= 15 is 0 Å². The number of carbonyl (C=O) groups is 1. The molecule has 6 atom stereocenters. The van der Waals surface area contributed by atoms with Gasteiger partial charge in [-0.25, -0.2) is 0 Å². The van der Waals surface area contributed by atoms with Crippen molar-refractivity contribution in [3.63, 3.8) is 0 Å². The van der Waals surface area contributed by atoms with Crippen LogP contribution in [0.1, 0.15) is 59.3 Å². The van der Waals surface area contributed by atoms with Crippen LogP contribution >= 0.6 is 0 Å². The van der Waals surface area contributed by atoms with Crippen LogP contribution in [0.25, 0.3) is 0 Å². The highest BCUT2D eigenvalue weighted by atomic mass is 16.3. The number of aliphatic hydroxyl groups excluding tert-OH is 1. The van der Waals surface area contributed by atoms with Crippen molar-refractivity contribution < 1.29 is 15.0 Å². The van der Waals surface area contributed by atoms with Crippen molar-refractivity contribution in [1.29, 1.82) is 0 Å². The fraction of sp³-hybridized carbons (Fsp3) is 0.682. The second kappa shape index (κ2) is 5.09. The summed E-state index contributed by atoms with van der Waals surface area (Å²) in [6, 6.07) is 0. The van der Waals surface area contributed by atoms with Crippen molar-refractivity contribution in [1.82, 2.24) is 0 Å². The zero-order valence-electron chi connectivity index (χ0n) is 15.6. The van der Waals surface area contributed by atoms with E-state index in [1.54, 1.807) is 6.08 Å². The third-order valence-electron chi connectivity index (χ3n) is 8.47. The van der Waals surface area contributed by atoms with Gasteiger partial charge >= 0.3 is 0 Å². The lowest BCUT2D eigenvalue weighted by Gasteiger charge is -2.59. The van der Waals surface area contributed by atoms with E-state index in [-0.39, 0.29) is 16.6 Å². The summed E-state index contributed by atoms with van der Waals surface area (Å²) in [7, 11) is 0. The lowest BCUT2D eigenvalue weighted by Crippen LogP contribution is -2.54. The summed E-state index contributed by atoms with van der Waals surface area (Å²) in [6.45, 7) is 11.0. The second-order valence-electron chi connectivity index (χ2n) is 9.63. The zero-order valence-corrected chi connectivity index (χ0v) is 15.6. The first-order valence-electron chi connectivity index (χ1n) is 9.63. The number of hydrogen-bond acceptors (Lipinski definition) is 3. The quantitative estimate of drug-likeness (QED) is 0.387. The monoisotopic (exact) mass is 342 g/mol. The minimum Gasteiger partial charge on any atom is -0.515 e. The molecule has 0 aromatic heterocycles. The minimum absolute atomic E-state index is 0.0384. The molecule has 3 nitrogen and oxygen atoms in total. The van der Waals surface area contributed by atoms with Crippen LogP contribution in [0.15, 0.2) is 35.6 Å². The van der Waals surface area contributed by atoms with Crippen LogP contribution in [0.2, 0.25) is 0 Å². The number of hydrogen-bond donors (Lipinski definition) is 2. The molecule has 0 spiro atoms. The number of fused-ring (bicyclic) bond motifs is 5. The largest absolute Gasteiger partial charge is 0.515 e. The Morgan fingerprint density at radius 2 is 1.96 bits per heavy atom. The van der Waals surface area contributed by atoms with Gasteiger partial charge in [0.15, 0.2) is 5.78 Å². The molecule has 2 N–H and O–H groups in total. The molecule has 4 aliphatic rings. The number of aliphatic hydroxyl groups is 2. The van der Waals surface area contributed by atoms with Crippen LogP contribution in [0.3, 0.4) is 0 Å². The molecule has 0 saturated heterocycles. The molecular weight excluding hydrogens is 312 g/mol. The van der Waals surface area contributed by atoms with E-state index in [2.05, 4.69) is 20.4 Å². The van der Waals surface area contributed by atoms with Crippen molar-refractivity contribution >= 4 is 5.78 Å². The van der Waals surface area contributed by atoms with Gasteiger partial charge in [0.2, 0.25) is 0 Å². The van der Waals surface area contributed by atoms with E-state index in [0.29, 0.717) is 29.7 Å². The first-order valence-corrected chi connectivity index (χ1v) is 9.63. The average Bonchev–Trinajstić information content (AvgIpc) is 2.76. The second-order valence-corrected chi connectivity index (χ2v) is 9.63. The molecule has 0 unspecified atom stereocenters. The maximum Gasteiger partial charge on any atom is 0.184 e. The van der Waals surface area contributed by atoms with E-state index in [0.717, 1.165) is 38.4 Å². The summed E-state index contributed by atoms with van der Waals surface area (Å²) >= 11 is 0. The Labute approximate surface area is 150 Å². The van der Waals surface area contributed by atoms with Crippen molar-refractivity contribution in [2.75, 3.05) is 0 Å². The van der Waals surface area contributed by atoms with Crippen molar-refractivity contribution in [3.05, 3.63) is 35.6 Å². The van der Waals surface area contributed by atoms with E-state index in [1.165, 1.54) is 11.1 Å². The molecule has 4 aliphatic carbocycles. The third kappa shape index (κ3) is 2.05. The topological polar surface area (TPSA) is 57.5 Å². The Bertz CT molecular complexity index is 713. The Hall–Kier alpha value is -1.35. The maximum absolute atomic E-state index is 12.2. The molecular formula is C22H30O3. The highest BCUT2D eigenvalue weighted by Crippen LogP contribution is 2.68. The molecule has 3 heteroatoms. The Morgan fingerprint density at radius 1 is 1.24 bits per heavy atom.